The van der Waals surface area contributed by atoms with Crippen molar-refractivity contribution in [3.63, 3.8) is 0 Å². The van der Waals surface area contributed by atoms with Crippen LogP contribution in [-0.2, 0) is 27.8 Å². The second kappa shape index (κ2) is 8.18. The molecule has 1 saturated carbocycles. The van der Waals surface area contributed by atoms with Gasteiger partial charge < -0.3 is 10.2 Å². The second-order valence-corrected chi connectivity index (χ2v) is 10.7. The van der Waals surface area contributed by atoms with Gasteiger partial charge in [0.05, 0.1) is 10.9 Å². The van der Waals surface area contributed by atoms with E-state index < -0.39 is 10.0 Å². The highest BCUT2D eigenvalue weighted by atomic mass is 32.2. The first kappa shape index (κ1) is 20.5. The lowest BCUT2D eigenvalue weighted by atomic mass is 10.0. The van der Waals surface area contributed by atoms with Gasteiger partial charge >= 0.3 is 0 Å². The minimum absolute atomic E-state index is 0.0860. The normalized spacial score (nSPS) is 23.8. The summed E-state index contributed by atoms with van der Waals surface area (Å²) in [4.78, 5) is 23.0. The number of amides is 1. The van der Waals surface area contributed by atoms with Crippen molar-refractivity contribution in [1.29, 1.82) is 0 Å². The molecule has 1 N–H and O–H groups in total. The Hall–Kier alpha value is -1.74. The molecule has 1 atom stereocenters. The molecule has 3 aliphatic rings. The molecule has 2 fully saturated rings. The Bertz CT molecular complexity index is 865. The SMILES string of the molecule is CNc1nc([C@H]2CCN(C(C)=O)C2)nc2c1CN(S(=O)(=O)C1CCCCC1)CC2. The topological polar surface area (TPSA) is 95.5 Å². The molecule has 0 unspecified atom stereocenters. The highest BCUT2D eigenvalue weighted by Gasteiger charge is 2.37. The van der Waals surface area contributed by atoms with Crippen molar-refractivity contribution >= 4 is 21.7 Å². The zero-order valence-corrected chi connectivity index (χ0v) is 18.2. The lowest BCUT2D eigenvalue weighted by Crippen LogP contribution is -2.43. The molecule has 8 nitrogen and oxygen atoms in total. The Kier molecular flexibility index (Phi) is 5.79. The number of sulfonamides is 1. The predicted octanol–water partition coefficient (Wildman–Crippen LogP) is 1.87. The molecule has 4 rings (SSSR count). The summed E-state index contributed by atoms with van der Waals surface area (Å²) in [5.74, 6) is 1.71. The maximum Gasteiger partial charge on any atom is 0.219 e. The molecule has 2 aliphatic heterocycles. The molecule has 29 heavy (non-hydrogen) atoms. The Morgan fingerprint density at radius 1 is 1.10 bits per heavy atom. The van der Waals surface area contributed by atoms with E-state index in [0.717, 1.165) is 68.0 Å². The van der Waals surface area contributed by atoms with Crippen molar-refractivity contribution in [3.8, 4) is 0 Å². The summed E-state index contributed by atoms with van der Waals surface area (Å²) in [6.07, 6.45) is 6.15. The van der Waals surface area contributed by atoms with Gasteiger partial charge in [0.25, 0.3) is 0 Å². The fraction of sp³-hybridized carbons (Fsp3) is 0.750. The Balaban J connectivity index is 1.56. The Morgan fingerprint density at radius 2 is 1.86 bits per heavy atom. The van der Waals surface area contributed by atoms with E-state index in [9.17, 15) is 13.2 Å². The number of carbonyl (C=O) groups is 1. The highest BCUT2D eigenvalue weighted by molar-refractivity contribution is 7.89. The summed E-state index contributed by atoms with van der Waals surface area (Å²) < 4.78 is 27.9. The van der Waals surface area contributed by atoms with Crippen LogP contribution >= 0.6 is 0 Å². The first-order valence-electron chi connectivity index (χ1n) is 10.7. The van der Waals surface area contributed by atoms with Crippen molar-refractivity contribution in [1.82, 2.24) is 19.2 Å². The first-order chi connectivity index (χ1) is 13.9. The van der Waals surface area contributed by atoms with Gasteiger partial charge in [-0.1, -0.05) is 19.3 Å². The van der Waals surface area contributed by atoms with Gasteiger partial charge in [0, 0.05) is 58.1 Å². The molecule has 1 aromatic heterocycles. The number of aromatic nitrogens is 2. The lowest BCUT2D eigenvalue weighted by molar-refractivity contribution is -0.127. The van der Waals surface area contributed by atoms with Crippen LogP contribution < -0.4 is 5.32 Å². The van der Waals surface area contributed by atoms with Crippen molar-refractivity contribution in [2.45, 2.75) is 69.6 Å². The van der Waals surface area contributed by atoms with E-state index in [2.05, 4.69) is 5.32 Å². The van der Waals surface area contributed by atoms with Gasteiger partial charge in [0.15, 0.2) is 0 Å². The maximum atomic E-state index is 13.2. The van der Waals surface area contributed by atoms with E-state index in [-0.39, 0.29) is 17.1 Å². The third-order valence-corrected chi connectivity index (χ3v) is 8.96. The zero-order chi connectivity index (χ0) is 20.6. The first-order valence-corrected chi connectivity index (χ1v) is 12.2. The van der Waals surface area contributed by atoms with Gasteiger partial charge in [-0.2, -0.15) is 4.31 Å². The number of carbonyl (C=O) groups excluding carboxylic acids is 1. The third-order valence-electron chi connectivity index (χ3n) is 6.61. The van der Waals surface area contributed by atoms with Crippen LogP contribution in [0.5, 0.6) is 0 Å². The highest BCUT2D eigenvalue weighted by Crippen LogP contribution is 2.33. The van der Waals surface area contributed by atoms with Crippen LogP contribution in [0.1, 0.15) is 68.4 Å². The molecule has 1 aliphatic carbocycles. The molecule has 0 bridgehead atoms. The molecule has 0 spiro atoms. The molecular weight excluding hydrogens is 390 g/mol. The van der Waals surface area contributed by atoms with E-state index in [0.29, 0.717) is 26.1 Å². The maximum absolute atomic E-state index is 13.2. The smallest absolute Gasteiger partial charge is 0.219 e. The van der Waals surface area contributed by atoms with E-state index in [4.69, 9.17) is 9.97 Å². The van der Waals surface area contributed by atoms with Gasteiger partial charge in [0.2, 0.25) is 15.9 Å². The molecule has 1 aromatic rings. The van der Waals surface area contributed by atoms with Crippen LogP contribution in [0.25, 0.3) is 0 Å². The summed E-state index contributed by atoms with van der Waals surface area (Å²) in [5.41, 5.74) is 1.83. The molecule has 9 heteroatoms. The van der Waals surface area contributed by atoms with E-state index in [1.54, 1.807) is 11.2 Å². The number of hydrogen-bond acceptors (Lipinski definition) is 6. The van der Waals surface area contributed by atoms with Crippen LogP contribution in [-0.4, -0.2) is 65.4 Å². The predicted molar refractivity (Wildman–Crippen MR) is 111 cm³/mol. The summed E-state index contributed by atoms with van der Waals surface area (Å²) in [7, 11) is -1.47. The van der Waals surface area contributed by atoms with Crippen LogP contribution in [0.4, 0.5) is 5.82 Å². The van der Waals surface area contributed by atoms with Crippen LogP contribution in [0.3, 0.4) is 0 Å². The Labute approximate surface area is 173 Å². The quantitative estimate of drug-likeness (QED) is 0.797. The molecular formula is C20H31N5O3S. The molecule has 3 heterocycles. The molecule has 0 radical (unpaired) electrons. The third kappa shape index (κ3) is 3.99. The van der Waals surface area contributed by atoms with Gasteiger partial charge in [0.1, 0.15) is 11.6 Å². The van der Waals surface area contributed by atoms with Crippen molar-refractivity contribution in [3.05, 3.63) is 17.1 Å². The summed E-state index contributed by atoms with van der Waals surface area (Å²) in [6.45, 7) is 3.81. The molecule has 1 saturated heterocycles. The monoisotopic (exact) mass is 421 g/mol. The number of fused-ring (bicyclic) bond motifs is 1. The fourth-order valence-electron chi connectivity index (χ4n) is 4.85. The molecule has 0 aromatic carbocycles. The minimum Gasteiger partial charge on any atom is -0.373 e. The van der Waals surface area contributed by atoms with Crippen LogP contribution in [0.2, 0.25) is 0 Å². The number of rotatable bonds is 4. The van der Waals surface area contributed by atoms with Gasteiger partial charge in [-0.3, -0.25) is 4.79 Å². The zero-order valence-electron chi connectivity index (χ0n) is 17.4. The van der Waals surface area contributed by atoms with E-state index >= 15 is 0 Å². The Morgan fingerprint density at radius 3 is 2.52 bits per heavy atom. The number of nitrogens with zero attached hydrogens (tertiary/aromatic N) is 4. The average molecular weight is 422 g/mol. The second-order valence-electron chi connectivity index (χ2n) is 8.44. The molecule has 160 valence electrons. The lowest BCUT2D eigenvalue weighted by Gasteiger charge is -2.33. The minimum atomic E-state index is -3.29. The standard InChI is InChI=1S/C20H31N5O3S/c1-14(26)24-10-8-15(12-24)19-22-18-9-11-25(13-17(18)20(21-2)23-19)29(27,28)16-6-4-3-5-7-16/h15-16H,3-13H2,1-2H3,(H,21,22,23)/t15-/m0/s1. The van der Waals surface area contributed by atoms with Crippen LogP contribution in [0, 0.1) is 0 Å². The van der Waals surface area contributed by atoms with E-state index in [1.807, 2.05) is 11.9 Å². The van der Waals surface area contributed by atoms with Crippen LogP contribution in [0.15, 0.2) is 0 Å². The van der Waals surface area contributed by atoms with E-state index in [1.165, 1.54) is 0 Å². The van der Waals surface area contributed by atoms with Crippen molar-refractivity contribution in [2.24, 2.45) is 0 Å². The molecule has 1 amide bonds. The fourth-order valence-corrected chi connectivity index (χ4v) is 6.85. The van der Waals surface area contributed by atoms with Gasteiger partial charge in [-0.15, -0.1) is 0 Å². The number of nitrogens with one attached hydrogen (secondary N) is 1. The summed E-state index contributed by atoms with van der Waals surface area (Å²) >= 11 is 0. The van der Waals surface area contributed by atoms with Gasteiger partial charge in [-0.05, 0) is 19.3 Å². The van der Waals surface area contributed by atoms with Crippen molar-refractivity contribution < 1.29 is 13.2 Å². The summed E-state index contributed by atoms with van der Waals surface area (Å²) in [6, 6.07) is 0. The number of anilines is 1. The van der Waals surface area contributed by atoms with Gasteiger partial charge in [-0.25, -0.2) is 18.4 Å². The number of likely N-dealkylation sites (tertiary alicyclic amines) is 1. The summed E-state index contributed by atoms with van der Waals surface area (Å²) in [5, 5.41) is 2.91. The van der Waals surface area contributed by atoms with Crippen molar-refractivity contribution in [2.75, 3.05) is 32.0 Å². The average Bonchev–Trinajstić information content (AvgIpc) is 3.24. The number of hydrogen-bond donors (Lipinski definition) is 1. The largest absolute Gasteiger partial charge is 0.373 e.